The van der Waals surface area contributed by atoms with E-state index in [0.29, 0.717) is 6.54 Å². The Balaban J connectivity index is 2.58. The van der Waals surface area contributed by atoms with E-state index in [1.165, 1.54) is 11.0 Å². The zero-order valence-electron chi connectivity index (χ0n) is 11.6. The van der Waals surface area contributed by atoms with Crippen LogP contribution in [0.1, 0.15) is 24.7 Å². The molecule has 0 fully saturated rings. The average Bonchev–Trinajstić information content (AvgIpc) is 2.74. The highest BCUT2D eigenvalue weighted by molar-refractivity contribution is 5.64. The van der Waals surface area contributed by atoms with Gasteiger partial charge in [0, 0.05) is 12.2 Å². The minimum atomic E-state index is -0.482. The molecular weight excluding hydrogens is 260 g/mol. The largest absolute Gasteiger partial charge is 0.364 e. The molecule has 0 atom stereocenters. The van der Waals surface area contributed by atoms with Gasteiger partial charge in [-0.25, -0.2) is 14.6 Å². The molecule has 2 rings (SSSR count). The van der Waals surface area contributed by atoms with Crippen LogP contribution in [0.4, 0.5) is 11.5 Å². The van der Waals surface area contributed by atoms with Gasteiger partial charge in [-0.15, -0.1) is 0 Å². The van der Waals surface area contributed by atoms with E-state index in [2.05, 4.69) is 20.4 Å². The second-order valence-electron chi connectivity index (χ2n) is 4.42. The number of nitrogens with zero attached hydrogens (tertiary/aromatic N) is 5. The van der Waals surface area contributed by atoms with Gasteiger partial charge in [0.1, 0.15) is 6.33 Å². The van der Waals surface area contributed by atoms with Gasteiger partial charge in [0.25, 0.3) is 0 Å². The Kier molecular flexibility index (Phi) is 3.92. The number of nitro groups is 1. The average molecular weight is 276 g/mol. The first-order valence-electron chi connectivity index (χ1n) is 6.31. The van der Waals surface area contributed by atoms with Crippen molar-refractivity contribution in [2.45, 2.75) is 27.2 Å². The Hall–Kier alpha value is -2.51. The smallest absolute Gasteiger partial charge is 0.355 e. The lowest BCUT2D eigenvalue weighted by Gasteiger charge is -2.08. The van der Waals surface area contributed by atoms with Gasteiger partial charge in [0.15, 0.2) is 0 Å². The van der Waals surface area contributed by atoms with Gasteiger partial charge in [0.2, 0.25) is 11.6 Å². The molecule has 0 bridgehead atoms. The van der Waals surface area contributed by atoms with Crippen molar-refractivity contribution in [1.82, 2.24) is 19.7 Å². The van der Waals surface area contributed by atoms with Crippen LogP contribution >= 0.6 is 0 Å². The Labute approximate surface area is 116 Å². The molecule has 0 unspecified atom stereocenters. The second-order valence-corrected chi connectivity index (χ2v) is 4.42. The van der Waals surface area contributed by atoms with Crippen molar-refractivity contribution in [2.24, 2.45) is 0 Å². The van der Waals surface area contributed by atoms with Crippen LogP contribution in [0, 0.1) is 24.0 Å². The van der Waals surface area contributed by atoms with Crippen LogP contribution in [0.3, 0.4) is 0 Å². The summed E-state index contributed by atoms with van der Waals surface area (Å²) in [5.41, 5.74) is 1.40. The minimum Gasteiger partial charge on any atom is -0.364 e. The summed E-state index contributed by atoms with van der Waals surface area (Å²) in [6.07, 6.45) is 2.15. The Morgan fingerprint density at radius 3 is 2.70 bits per heavy atom. The maximum atomic E-state index is 11.3. The van der Waals surface area contributed by atoms with Crippen LogP contribution in [0.25, 0.3) is 5.82 Å². The molecule has 0 saturated heterocycles. The monoisotopic (exact) mass is 276 g/mol. The first kappa shape index (κ1) is 13.9. The molecule has 106 valence electrons. The van der Waals surface area contributed by atoms with Crippen molar-refractivity contribution in [2.75, 3.05) is 11.9 Å². The predicted octanol–water partition coefficient (Wildman–Crippen LogP) is 2.01. The Bertz CT molecular complexity index is 637. The molecule has 1 N–H and O–H groups in total. The number of hydrogen-bond donors (Lipinski definition) is 1. The quantitative estimate of drug-likeness (QED) is 0.662. The molecule has 0 spiro atoms. The molecule has 0 amide bonds. The third kappa shape index (κ3) is 2.58. The van der Waals surface area contributed by atoms with Gasteiger partial charge in [-0.05, 0) is 26.3 Å². The summed E-state index contributed by atoms with van der Waals surface area (Å²) in [6, 6.07) is 1.84. The molecule has 0 saturated carbocycles. The SMILES string of the molecule is CCCNc1ncnc(-n2nc(C)cc2C)c1[N+](=O)[O-]. The van der Waals surface area contributed by atoms with Gasteiger partial charge < -0.3 is 5.32 Å². The molecule has 2 heterocycles. The van der Waals surface area contributed by atoms with E-state index < -0.39 is 4.92 Å². The fourth-order valence-corrected chi connectivity index (χ4v) is 1.91. The first-order chi connectivity index (χ1) is 9.54. The zero-order valence-corrected chi connectivity index (χ0v) is 11.6. The van der Waals surface area contributed by atoms with E-state index >= 15 is 0 Å². The van der Waals surface area contributed by atoms with Crippen molar-refractivity contribution in [3.05, 3.63) is 33.9 Å². The van der Waals surface area contributed by atoms with Crippen LogP contribution in [-0.4, -0.2) is 31.2 Å². The van der Waals surface area contributed by atoms with E-state index in [1.807, 2.05) is 26.8 Å². The number of aromatic nitrogens is 4. The highest BCUT2D eigenvalue weighted by atomic mass is 16.6. The summed E-state index contributed by atoms with van der Waals surface area (Å²) >= 11 is 0. The van der Waals surface area contributed by atoms with Crippen molar-refractivity contribution < 1.29 is 4.92 Å². The van der Waals surface area contributed by atoms with Gasteiger partial charge in [-0.3, -0.25) is 10.1 Å². The first-order valence-corrected chi connectivity index (χ1v) is 6.31. The van der Waals surface area contributed by atoms with E-state index in [-0.39, 0.29) is 17.3 Å². The number of hydrogen-bond acceptors (Lipinski definition) is 6. The lowest BCUT2D eigenvalue weighted by molar-refractivity contribution is -0.384. The number of aryl methyl sites for hydroxylation is 2. The maximum Gasteiger partial charge on any atom is 0.355 e. The molecule has 8 nitrogen and oxygen atoms in total. The van der Waals surface area contributed by atoms with Gasteiger partial charge in [-0.2, -0.15) is 5.10 Å². The van der Waals surface area contributed by atoms with Gasteiger partial charge >= 0.3 is 5.69 Å². The van der Waals surface area contributed by atoms with Crippen molar-refractivity contribution in [3.8, 4) is 5.82 Å². The van der Waals surface area contributed by atoms with Crippen LogP contribution in [-0.2, 0) is 0 Å². The van der Waals surface area contributed by atoms with Crippen LogP contribution < -0.4 is 5.32 Å². The number of rotatable bonds is 5. The predicted molar refractivity (Wildman–Crippen MR) is 74.1 cm³/mol. The van der Waals surface area contributed by atoms with Crippen molar-refractivity contribution in [3.63, 3.8) is 0 Å². The molecule has 0 aromatic carbocycles. The zero-order chi connectivity index (χ0) is 14.7. The van der Waals surface area contributed by atoms with Gasteiger partial charge in [-0.1, -0.05) is 6.92 Å². The Morgan fingerprint density at radius 1 is 1.40 bits per heavy atom. The van der Waals surface area contributed by atoms with E-state index in [1.54, 1.807) is 0 Å². The summed E-state index contributed by atoms with van der Waals surface area (Å²) in [4.78, 5) is 18.8. The van der Waals surface area contributed by atoms with Crippen molar-refractivity contribution >= 4 is 11.5 Å². The number of nitrogens with one attached hydrogen (secondary N) is 1. The van der Waals surface area contributed by atoms with E-state index in [4.69, 9.17) is 0 Å². The van der Waals surface area contributed by atoms with Crippen LogP contribution in [0.5, 0.6) is 0 Å². The third-order valence-electron chi connectivity index (χ3n) is 2.74. The minimum absolute atomic E-state index is 0.160. The Morgan fingerprint density at radius 2 is 2.15 bits per heavy atom. The standard InChI is InChI=1S/C12H16N6O2/c1-4-5-13-11-10(18(19)20)12(15-7-14-11)17-9(3)6-8(2)16-17/h6-7H,4-5H2,1-3H3,(H,13,14,15). The molecule has 2 aromatic heterocycles. The molecule has 0 radical (unpaired) electrons. The molecular formula is C12H16N6O2. The van der Waals surface area contributed by atoms with E-state index in [0.717, 1.165) is 17.8 Å². The summed E-state index contributed by atoms with van der Waals surface area (Å²) < 4.78 is 1.46. The molecule has 2 aromatic rings. The van der Waals surface area contributed by atoms with Crippen LogP contribution in [0.15, 0.2) is 12.4 Å². The molecule has 0 aliphatic heterocycles. The second kappa shape index (κ2) is 5.64. The molecule has 8 heteroatoms. The summed E-state index contributed by atoms with van der Waals surface area (Å²) in [6.45, 7) is 6.23. The summed E-state index contributed by atoms with van der Waals surface area (Å²) in [5, 5.41) is 18.5. The topological polar surface area (TPSA) is 98.8 Å². The fourth-order valence-electron chi connectivity index (χ4n) is 1.91. The van der Waals surface area contributed by atoms with Crippen LogP contribution in [0.2, 0.25) is 0 Å². The van der Waals surface area contributed by atoms with Crippen molar-refractivity contribution in [1.29, 1.82) is 0 Å². The molecule has 0 aliphatic carbocycles. The van der Waals surface area contributed by atoms with Gasteiger partial charge in [0.05, 0.1) is 10.6 Å². The van der Waals surface area contributed by atoms with E-state index in [9.17, 15) is 10.1 Å². The normalized spacial score (nSPS) is 10.6. The highest BCUT2D eigenvalue weighted by Gasteiger charge is 2.25. The maximum absolute atomic E-state index is 11.3. The third-order valence-corrected chi connectivity index (χ3v) is 2.74. The highest BCUT2D eigenvalue weighted by Crippen LogP contribution is 2.28. The number of anilines is 1. The molecule has 0 aliphatic rings. The summed E-state index contributed by atoms with van der Waals surface area (Å²) in [5.74, 6) is 0.392. The molecule has 20 heavy (non-hydrogen) atoms. The lowest BCUT2D eigenvalue weighted by Crippen LogP contribution is -2.11. The summed E-state index contributed by atoms with van der Waals surface area (Å²) in [7, 11) is 0. The lowest BCUT2D eigenvalue weighted by atomic mass is 10.3. The fraction of sp³-hybridized carbons (Fsp3) is 0.417.